The van der Waals surface area contributed by atoms with Gasteiger partial charge in [-0.25, -0.2) is 4.39 Å². The number of anilines is 1. The fourth-order valence-corrected chi connectivity index (χ4v) is 8.39. The molecule has 3 heterocycles. The van der Waals surface area contributed by atoms with E-state index in [0.29, 0.717) is 16.3 Å². The van der Waals surface area contributed by atoms with E-state index in [2.05, 4.69) is 10.2 Å². The zero-order chi connectivity index (χ0) is 31.6. The number of amides is 1. The Kier molecular flexibility index (Phi) is 6.98. The van der Waals surface area contributed by atoms with Crippen LogP contribution in [0.3, 0.4) is 0 Å². The van der Waals surface area contributed by atoms with Gasteiger partial charge in [0.2, 0.25) is 5.91 Å². The van der Waals surface area contributed by atoms with Crippen molar-refractivity contribution < 1.29 is 18.7 Å². The summed E-state index contributed by atoms with van der Waals surface area (Å²) >= 11 is 12.9. The molecule has 2 fully saturated rings. The van der Waals surface area contributed by atoms with Crippen LogP contribution in [0.5, 0.6) is 0 Å². The van der Waals surface area contributed by atoms with Gasteiger partial charge < -0.3 is 10.1 Å². The minimum absolute atomic E-state index is 0.0944. The van der Waals surface area contributed by atoms with Crippen molar-refractivity contribution >= 4 is 40.8 Å². The molecule has 3 aliphatic rings. The highest BCUT2D eigenvalue weighted by Gasteiger charge is 2.72. The van der Waals surface area contributed by atoms with Gasteiger partial charge in [-0.05, 0) is 46.0 Å². The molecule has 0 saturated carbocycles. The molecule has 1 spiro atoms. The highest BCUT2D eigenvalue weighted by molar-refractivity contribution is 6.31. The number of benzene rings is 5. The van der Waals surface area contributed by atoms with E-state index in [1.165, 1.54) is 6.07 Å². The van der Waals surface area contributed by atoms with Crippen molar-refractivity contribution in [1.82, 2.24) is 4.90 Å². The van der Waals surface area contributed by atoms with E-state index in [9.17, 15) is 9.59 Å². The van der Waals surface area contributed by atoms with Gasteiger partial charge >= 0.3 is 5.97 Å². The van der Waals surface area contributed by atoms with Crippen LogP contribution in [-0.4, -0.2) is 22.8 Å². The lowest BCUT2D eigenvalue weighted by molar-refractivity contribution is -0.176. The number of nitrogens with one attached hydrogen (secondary N) is 1. The number of ether oxygens (including phenoxy) is 1. The summed E-state index contributed by atoms with van der Waals surface area (Å²) in [5, 5.41) is 3.42. The summed E-state index contributed by atoms with van der Waals surface area (Å²) in [5.74, 6) is -2.59. The third-order valence-corrected chi connectivity index (χ3v) is 10.2. The number of hydrogen-bond donors (Lipinski definition) is 1. The number of esters is 1. The van der Waals surface area contributed by atoms with Crippen LogP contribution in [0.25, 0.3) is 0 Å². The SMILES string of the molecule is O=C1O[C@@H](c2ccccc2)[C@@H](c2ccccc2)N2C1[C@H](c1cccc(Cl)c1F)[C@@]1(C(=O)Nc3cc(Cl)ccc31)[C@H]2c1ccccc1. The van der Waals surface area contributed by atoms with Gasteiger partial charge in [-0.1, -0.05) is 132 Å². The van der Waals surface area contributed by atoms with Gasteiger partial charge in [0.15, 0.2) is 0 Å². The van der Waals surface area contributed by atoms with Crippen LogP contribution < -0.4 is 5.32 Å². The summed E-state index contributed by atoms with van der Waals surface area (Å²) in [6, 6.07) is 36.7. The molecule has 5 aromatic rings. The zero-order valence-corrected chi connectivity index (χ0v) is 25.8. The third kappa shape index (κ3) is 4.17. The maximum atomic E-state index is 16.4. The average molecular weight is 650 g/mol. The first kappa shape index (κ1) is 28.9. The fraction of sp³-hybridized carbons (Fsp3) is 0.158. The Balaban J connectivity index is 1.49. The second-order valence-electron chi connectivity index (χ2n) is 12.0. The molecule has 228 valence electrons. The summed E-state index contributed by atoms with van der Waals surface area (Å²) in [5.41, 5.74) is 2.35. The molecular formula is C38H27Cl2FN2O3. The van der Waals surface area contributed by atoms with Gasteiger partial charge in [-0.15, -0.1) is 0 Å². The lowest BCUT2D eigenvalue weighted by Crippen LogP contribution is -2.50. The Morgan fingerprint density at radius 3 is 2.02 bits per heavy atom. The largest absolute Gasteiger partial charge is 0.454 e. The smallest absolute Gasteiger partial charge is 0.324 e. The average Bonchev–Trinajstić information content (AvgIpc) is 3.55. The number of carbonyl (C=O) groups is 2. The molecule has 8 heteroatoms. The van der Waals surface area contributed by atoms with Gasteiger partial charge in [0, 0.05) is 16.6 Å². The molecule has 46 heavy (non-hydrogen) atoms. The first-order valence-electron chi connectivity index (χ1n) is 15.1. The summed E-state index contributed by atoms with van der Waals surface area (Å²) in [6.45, 7) is 0. The normalized spacial score (nSPS) is 26.8. The second-order valence-corrected chi connectivity index (χ2v) is 12.8. The van der Waals surface area contributed by atoms with E-state index in [4.69, 9.17) is 27.9 Å². The quantitative estimate of drug-likeness (QED) is 0.198. The summed E-state index contributed by atoms with van der Waals surface area (Å²) in [7, 11) is 0. The Hall–Kier alpha value is -4.49. The van der Waals surface area contributed by atoms with E-state index in [1.54, 1.807) is 24.3 Å². The maximum absolute atomic E-state index is 16.4. The number of fused-ring (bicyclic) bond motifs is 3. The molecule has 0 aliphatic carbocycles. The Labute approximate surface area is 275 Å². The van der Waals surface area contributed by atoms with Crippen LogP contribution >= 0.6 is 23.2 Å². The topological polar surface area (TPSA) is 58.6 Å². The standard InChI is InChI=1S/C38H27Cl2FN2O3/c39-25-19-20-27-29(21-25)42-37(45)38(27)30(26-17-10-18-28(40)31(26)41)33-36(44)46-34(23-13-6-2-7-14-23)32(22-11-4-1-5-12-22)43(33)35(38)24-15-8-3-9-16-24/h1-21,30,32-35H,(H,42,45)/t30-,32+,33?,34-,35+,38+/m0/s1. The third-order valence-electron chi connectivity index (χ3n) is 9.70. The molecule has 1 amide bonds. The van der Waals surface area contributed by atoms with Crippen LogP contribution in [-0.2, 0) is 19.7 Å². The molecule has 5 aromatic carbocycles. The Bertz CT molecular complexity index is 1980. The molecular weight excluding hydrogens is 622 g/mol. The van der Waals surface area contributed by atoms with Crippen molar-refractivity contribution in [2.24, 2.45) is 0 Å². The predicted molar refractivity (Wildman–Crippen MR) is 175 cm³/mol. The van der Waals surface area contributed by atoms with E-state index >= 15 is 4.39 Å². The fourth-order valence-electron chi connectivity index (χ4n) is 8.04. The molecule has 3 aliphatic heterocycles. The van der Waals surface area contributed by atoms with E-state index < -0.39 is 47.3 Å². The van der Waals surface area contributed by atoms with Crippen molar-refractivity contribution in [2.75, 3.05) is 5.32 Å². The van der Waals surface area contributed by atoms with Crippen LogP contribution in [0.4, 0.5) is 10.1 Å². The van der Waals surface area contributed by atoms with Crippen molar-refractivity contribution in [2.45, 2.75) is 35.6 Å². The minimum Gasteiger partial charge on any atom is -0.454 e. The predicted octanol–water partition coefficient (Wildman–Crippen LogP) is 8.57. The highest BCUT2D eigenvalue weighted by Crippen LogP contribution is 2.67. The van der Waals surface area contributed by atoms with Gasteiger partial charge in [0.25, 0.3) is 0 Å². The molecule has 0 radical (unpaired) electrons. The summed E-state index contributed by atoms with van der Waals surface area (Å²) in [6.07, 6.45) is -0.715. The Morgan fingerprint density at radius 2 is 1.35 bits per heavy atom. The maximum Gasteiger partial charge on any atom is 0.324 e. The molecule has 8 rings (SSSR count). The Morgan fingerprint density at radius 1 is 0.717 bits per heavy atom. The van der Waals surface area contributed by atoms with Crippen molar-refractivity contribution in [3.63, 3.8) is 0 Å². The molecule has 1 N–H and O–H groups in total. The number of cyclic esters (lactones) is 1. The molecule has 6 atom stereocenters. The number of rotatable bonds is 4. The van der Waals surface area contributed by atoms with Crippen molar-refractivity contribution in [3.05, 3.63) is 171 Å². The molecule has 1 unspecified atom stereocenters. The monoisotopic (exact) mass is 648 g/mol. The number of hydrogen-bond acceptors (Lipinski definition) is 4. The first-order chi connectivity index (χ1) is 22.4. The molecule has 0 aromatic heterocycles. The van der Waals surface area contributed by atoms with Crippen LogP contribution in [0.2, 0.25) is 10.0 Å². The summed E-state index contributed by atoms with van der Waals surface area (Å²) < 4.78 is 22.8. The number of nitrogens with zero attached hydrogens (tertiary/aromatic N) is 1. The van der Waals surface area contributed by atoms with E-state index in [-0.39, 0.29) is 16.5 Å². The van der Waals surface area contributed by atoms with Crippen molar-refractivity contribution in [3.8, 4) is 0 Å². The van der Waals surface area contributed by atoms with Crippen LogP contribution in [0.15, 0.2) is 127 Å². The number of morpholine rings is 1. The zero-order valence-electron chi connectivity index (χ0n) is 24.3. The molecule has 5 nitrogen and oxygen atoms in total. The lowest BCUT2D eigenvalue weighted by atomic mass is 9.63. The van der Waals surface area contributed by atoms with Gasteiger partial charge in [-0.3, -0.25) is 14.5 Å². The minimum atomic E-state index is -1.48. The first-order valence-corrected chi connectivity index (χ1v) is 15.8. The van der Waals surface area contributed by atoms with Gasteiger partial charge in [0.1, 0.15) is 23.4 Å². The van der Waals surface area contributed by atoms with Crippen LogP contribution in [0, 0.1) is 5.82 Å². The van der Waals surface area contributed by atoms with Gasteiger partial charge in [-0.2, -0.15) is 0 Å². The molecule has 0 bridgehead atoms. The van der Waals surface area contributed by atoms with E-state index in [0.717, 1.165) is 16.7 Å². The highest BCUT2D eigenvalue weighted by atomic mass is 35.5. The summed E-state index contributed by atoms with van der Waals surface area (Å²) in [4.78, 5) is 31.6. The lowest BCUT2D eigenvalue weighted by Gasteiger charge is -2.46. The second kappa shape index (κ2) is 11.1. The van der Waals surface area contributed by atoms with Crippen LogP contribution in [0.1, 0.15) is 51.9 Å². The van der Waals surface area contributed by atoms with Gasteiger partial charge in [0.05, 0.1) is 17.1 Å². The van der Waals surface area contributed by atoms with E-state index in [1.807, 2.05) is 97.1 Å². The number of halogens is 3. The number of carbonyl (C=O) groups excluding carboxylic acids is 2. The molecule has 2 saturated heterocycles. The van der Waals surface area contributed by atoms with Crippen molar-refractivity contribution in [1.29, 1.82) is 0 Å².